The molecular weight excluding hydrogens is 502 g/mol. The number of hydrogen-bond acceptors (Lipinski definition) is 5. The van der Waals surface area contributed by atoms with Gasteiger partial charge in [0.15, 0.2) is 0 Å². The van der Waals surface area contributed by atoms with Crippen molar-refractivity contribution in [2.75, 3.05) is 20.8 Å². The van der Waals surface area contributed by atoms with Crippen LogP contribution in [-0.2, 0) is 19.0 Å². The molecule has 0 bridgehead atoms. The summed E-state index contributed by atoms with van der Waals surface area (Å²) < 4.78 is 18.0. The van der Waals surface area contributed by atoms with Gasteiger partial charge in [-0.25, -0.2) is 0 Å². The first-order valence-corrected chi connectivity index (χ1v) is 16.9. The minimum atomic E-state index is -0.722. The van der Waals surface area contributed by atoms with Gasteiger partial charge in [-0.15, -0.1) is 0 Å². The van der Waals surface area contributed by atoms with Gasteiger partial charge in [0.25, 0.3) is 0 Å². The van der Waals surface area contributed by atoms with Crippen molar-refractivity contribution in [1.82, 2.24) is 4.90 Å². The highest BCUT2D eigenvalue weighted by Crippen LogP contribution is 2.38. The Kier molecular flexibility index (Phi) is 13.8. The number of carboxylic acid groups (broad SMARTS) is 1. The van der Waals surface area contributed by atoms with E-state index in [1.165, 1.54) is 89.9 Å². The first-order valence-electron chi connectivity index (χ1n) is 16.9. The van der Waals surface area contributed by atoms with Crippen LogP contribution in [0.3, 0.4) is 0 Å². The molecule has 0 aromatic rings. The van der Waals surface area contributed by atoms with Gasteiger partial charge in [-0.3, -0.25) is 9.69 Å². The van der Waals surface area contributed by atoms with Crippen molar-refractivity contribution in [3.63, 3.8) is 0 Å². The second kappa shape index (κ2) is 17.2. The molecule has 40 heavy (non-hydrogen) atoms. The standard InChI is InChI=1S/C34H59NO5/c1-38-31-24-27(25-32(39-2)34(31)40-23-11-5-10-16-33(36)37)18-17-26-19-21-30(22-20-26)35(28-12-6-3-7-13-28)29-14-8-4-9-15-29/h17-18,26-32,34H,3-16,19-25H2,1-2H3,(H,36,37)/b18-17+. The van der Waals surface area contributed by atoms with E-state index >= 15 is 0 Å². The summed E-state index contributed by atoms with van der Waals surface area (Å²) >= 11 is 0. The van der Waals surface area contributed by atoms with Crippen LogP contribution >= 0.6 is 0 Å². The number of carbonyl (C=O) groups is 1. The zero-order valence-corrected chi connectivity index (χ0v) is 25.7. The molecule has 0 aliphatic heterocycles. The van der Waals surface area contributed by atoms with Crippen molar-refractivity contribution < 1.29 is 24.1 Å². The lowest BCUT2D eigenvalue weighted by molar-refractivity contribution is -0.149. The van der Waals surface area contributed by atoms with Crippen molar-refractivity contribution in [1.29, 1.82) is 0 Å². The molecular formula is C34H59NO5. The highest BCUT2D eigenvalue weighted by atomic mass is 16.6. The minimum Gasteiger partial charge on any atom is -0.481 e. The third-order valence-corrected chi connectivity index (χ3v) is 10.6. The average molecular weight is 562 g/mol. The molecule has 6 nitrogen and oxygen atoms in total. The monoisotopic (exact) mass is 561 g/mol. The van der Waals surface area contributed by atoms with Gasteiger partial charge in [0.1, 0.15) is 6.10 Å². The van der Waals surface area contributed by atoms with Crippen LogP contribution in [0.5, 0.6) is 0 Å². The molecule has 4 aliphatic rings. The Morgan fingerprint density at radius 3 is 1.75 bits per heavy atom. The molecule has 0 aromatic carbocycles. The van der Waals surface area contributed by atoms with Gasteiger partial charge in [-0.1, -0.05) is 57.1 Å². The smallest absolute Gasteiger partial charge is 0.303 e. The van der Waals surface area contributed by atoms with Crippen LogP contribution in [0.2, 0.25) is 0 Å². The number of hydrogen-bond donors (Lipinski definition) is 1. The fraction of sp³-hybridized carbons (Fsp3) is 0.912. The number of ether oxygens (including phenoxy) is 3. The van der Waals surface area contributed by atoms with Gasteiger partial charge in [0, 0.05) is 45.4 Å². The quantitative estimate of drug-likeness (QED) is 0.175. The van der Waals surface area contributed by atoms with E-state index in [4.69, 9.17) is 19.3 Å². The fourth-order valence-corrected chi connectivity index (χ4v) is 8.37. The van der Waals surface area contributed by atoms with E-state index < -0.39 is 5.97 Å². The summed E-state index contributed by atoms with van der Waals surface area (Å²) in [5, 5.41) is 8.82. The fourth-order valence-electron chi connectivity index (χ4n) is 8.37. The Morgan fingerprint density at radius 2 is 1.23 bits per heavy atom. The molecule has 0 aromatic heterocycles. The van der Waals surface area contributed by atoms with Crippen LogP contribution in [0, 0.1) is 11.8 Å². The molecule has 2 unspecified atom stereocenters. The van der Waals surface area contributed by atoms with Crippen LogP contribution < -0.4 is 0 Å². The molecule has 0 saturated heterocycles. The lowest BCUT2D eigenvalue weighted by Crippen LogP contribution is -2.51. The van der Waals surface area contributed by atoms with Crippen LogP contribution in [0.25, 0.3) is 0 Å². The Labute approximate surface area is 244 Å². The predicted octanol–water partition coefficient (Wildman–Crippen LogP) is 7.54. The third kappa shape index (κ3) is 9.54. The maximum Gasteiger partial charge on any atom is 0.303 e. The summed E-state index contributed by atoms with van der Waals surface area (Å²) in [6.07, 6.45) is 29.5. The Hall–Kier alpha value is -0.950. The first kappa shape index (κ1) is 32.0. The molecule has 230 valence electrons. The van der Waals surface area contributed by atoms with Crippen LogP contribution in [0.4, 0.5) is 0 Å². The summed E-state index contributed by atoms with van der Waals surface area (Å²) in [6, 6.07) is 2.52. The molecule has 2 atom stereocenters. The molecule has 4 aliphatic carbocycles. The molecule has 4 rings (SSSR count). The van der Waals surface area contributed by atoms with E-state index in [1.807, 2.05) is 0 Å². The maximum absolute atomic E-state index is 10.7. The predicted molar refractivity (Wildman–Crippen MR) is 161 cm³/mol. The summed E-state index contributed by atoms with van der Waals surface area (Å²) in [5.74, 6) is 0.446. The van der Waals surface area contributed by atoms with E-state index in [0.717, 1.165) is 43.8 Å². The van der Waals surface area contributed by atoms with Gasteiger partial charge >= 0.3 is 5.97 Å². The third-order valence-electron chi connectivity index (χ3n) is 10.6. The van der Waals surface area contributed by atoms with Gasteiger partial charge in [-0.2, -0.15) is 0 Å². The van der Waals surface area contributed by atoms with Gasteiger partial charge in [-0.05, 0) is 88.9 Å². The summed E-state index contributed by atoms with van der Waals surface area (Å²) in [6.45, 7) is 0.631. The zero-order chi connectivity index (χ0) is 28.2. The molecule has 4 saturated carbocycles. The van der Waals surface area contributed by atoms with Crippen molar-refractivity contribution in [2.45, 2.75) is 165 Å². The lowest BCUT2D eigenvalue weighted by atomic mass is 9.79. The van der Waals surface area contributed by atoms with Crippen LogP contribution in [0.15, 0.2) is 12.2 Å². The number of aliphatic carboxylic acids is 1. The van der Waals surface area contributed by atoms with E-state index in [0.29, 0.717) is 24.9 Å². The minimum absolute atomic E-state index is 0.0302. The maximum atomic E-state index is 10.7. The van der Waals surface area contributed by atoms with Crippen molar-refractivity contribution in [3.8, 4) is 0 Å². The Balaban J connectivity index is 1.24. The van der Waals surface area contributed by atoms with Crippen molar-refractivity contribution in [3.05, 3.63) is 12.2 Å². The van der Waals surface area contributed by atoms with Gasteiger partial charge < -0.3 is 19.3 Å². The second-order valence-electron chi connectivity index (χ2n) is 13.3. The molecule has 1 N–H and O–H groups in total. The first-order chi connectivity index (χ1) is 19.6. The number of rotatable bonds is 14. The molecule has 0 radical (unpaired) electrons. The molecule has 6 heteroatoms. The molecule has 4 fully saturated rings. The SMILES string of the molecule is COC1CC(/C=C/C2CCC(N(C3CCCCC3)C3CCCCC3)CC2)CC(OC)C1OCCCCCC(=O)O. The second-order valence-corrected chi connectivity index (χ2v) is 13.3. The highest BCUT2D eigenvalue weighted by Gasteiger charge is 2.39. The van der Waals surface area contributed by atoms with Gasteiger partial charge in [0.2, 0.25) is 0 Å². The summed E-state index contributed by atoms with van der Waals surface area (Å²) in [7, 11) is 3.58. The van der Waals surface area contributed by atoms with Crippen LogP contribution in [0.1, 0.15) is 128 Å². The van der Waals surface area contributed by atoms with Crippen LogP contribution in [-0.4, -0.2) is 73.2 Å². The summed E-state index contributed by atoms with van der Waals surface area (Å²) in [4.78, 5) is 13.8. The number of allylic oxidation sites excluding steroid dienone is 2. The average Bonchev–Trinajstić information content (AvgIpc) is 2.99. The normalized spacial score (nSPS) is 33.1. The molecule has 0 heterocycles. The van der Waals surface area contributed by atoms with E-state index in [9.17, 15) is 4.79 Å². The Bertz CT molecular complexity index is 707. The number of methoxy groups -OCH3 is 2. The van der Waals surface area contributed by atoms with Gasteiger partial charge in [0.05, 0.1) is 12.2 Å². The summed E-state index contributed by atoms with van der Waals surface area (Å²) in [5.41, 5.74) is 0. The number of carboxylic acids is 1. The number of unbranched alkanes of at least 4 members (excludes halogenated alkanes) is 2. The highest BCUT2D eigenvalue weighted by molar-refractivity contribution is 5.66. The van der Waals surface area contributed by atoms with E-state index in [2.05, 4.69) is 17.1 Å². The van der Waals surface area contributed by atoms with Crippen molar-refractivity contribution in [2.24, 2.45) is 11.8 Å². The van der Waals surface area contributed by atoms with Crippen molar-refractivity contribution >= 4 is 5.97 Å². The van der Waals surface area contributed by atoms with E-state index in [1.54, 1.807) is 14.2 Å². The largest absolute Gasteiger partial charge is 0.481 e. The molecule has 0 spiro atoms. The Morgan fingerprint density at radius 1 is 0.700 bits per heavy atom. The zero-order valence-electron chi connectivity index (χ0n) is 25.7. The lowest BCUT2D eigenvalue weighted by Gasteiger charge is -2.48. The topological polar surface area (TPSA) is 68.2 Å². The number of nitrogens with zero attached hydrogens (tertiary/aromatic N) is 1. The molecule has 0 amide bonds. The van der Waals surface area contributed by atoms with E-state index in [-0.39, 0.29) is 24.7 Å².